The Morgan fingerprint density at radius 2 is 2.23 bits per heavy atom. The van der Waals surface area contributed by atoms with Gasteiger partial charge in [-0.2, -0.15) is 0 Å². The Balaban J connectivity index is 2.06. The van der Waals surface area contributed by atoms with Crippen LogP contribution in [0.4, 0.5) is 5.82 Å². The van der Waals surface area contributed by atoms with E-state index in [9.17, 15) is 0 Å². The van der Waals surface area contributed by atoms with Crippen molar-refractivity contribution in [1.29, 1.82) is 0 Å². The van der Waals surface area contributed by atoms with Gasteiger partial charge in [0, 0.05) is 32.0 Å². The van der Waals surface area contributed by atoms with Gasteiger partial charge in [-0.25, -0.2) is 4.98 Å². The lowest BCUT2D eigenvalue weighted by molar-refractivity contribution is 0.724. The Morgan fingerprint density at radius 3 is 3.08 bits per heavy atom. The molecule has 13 heavy (non-hydrogen) atoms. The fraction of sp³-hybridized carbons (Fsp3) is 0.556. The minimum Gasteiger partial charge on any atom is -0.354 e. The summed E-state index contributed by atoms with van der Waals surface area (Å²) in [5.74, 6) is 0.992. The van der Waals surface area contributed by atoms with Gasteiger partial charge in [-0.1, -0.05) is 0 Å². The maximum Gasteiger partial charge on any atom is 0.147 e. The second kappa shape index (κ2) is 4.18. The van der Waals surface area contributed by atoms with Gasteiger partial charge in [-0.3, -0.25) is 4.98 Å². The Morgan fingerprint density at radius 1 is 1.23 bits per heavy atom. The van der Waals surface area contributed by atoms with Gasteiger partial charge in [0.15, 0.2) is 0 Å². The van der Waals surface area contributed by atoms with Gasteiger partial charge in [-0.05, 0) is 13.0 Å². The number of nitrogens with one attached hydrogen (secondary N) is 1. The summed E-state index contributed by atoms with van der Waals surface area (Å²) in [4.78, 5) is 10.6. The summed E-state index contributed by atoms with van der Waals surface area (Å²) in [5.41, 5.74) is 0. The van der Waals surface area contributed by atoms with Crippen molar-refractivity contribution in [3.63, 3.8) is 0 Å². The lowest BCUT2D eigenvalue weighted by atomic mass is 10.4. The fourth-order valence-corrected chi connectivity index (χ4v) is 1.53. The number of hydrogen-bond acceptors (Lipinski definition) is 4. The van der Waals surface area contributed by atoms with Crippen LogP contribution in [0.25, 0.3) is 0 Å². The summed E-state index contributed by atoms with van der Waals surface area (Å²) in [5, 5.41) is 3.36. The topological polar surface area (TPSA) is 41.1 Å². The fourth-order valence-electron chi connectivity index (χ4n) is 1.53. The molecule has 1 aromatic rings. The SMILES string of the molecule is c1cnc(N2CCCNCC2)cn1. The van der Waals surface area contributed by atoms with Crippen LogP contribution in [-0.2, 0) is 0 Å². The minimum atomic E-state index is 0.992. The number of anilines is 1. The summed E-state index contributed by atoms with van der Waals surface area (Å²) in [7, 11) is 0. The summed E-state index contributed by atoms with van der Waals surface area (Å²) in [6.07, 6.45) is 6.45. The van der Waals surface area contributed by atoms with E-state index in [0.717, 1.165) is 32.0 Å². The smallest absolute Gasteiger partial charge is 0.147 e. The van der Waals surface area contributed by atoms with Crippen LogP contribution in [0.3, 0.4) is 0 Å². The molecule has 0 amide bonds. The Hall–Kier alpha value is -1.16. The number of nitrogens with zero attached hydrogens (tertiary/aromatic N) is 3. The summed E-state index contributed by atoms with van der Waals surface area (Å²) in [6.45, 7) is 4.25. The molecule has 0 saturated carbocycles. The molecular formula is C9H14N4. The van der Waals surface area contributed by atoms with Gasteiger partial charge in [0.2, 0.25) is 0 Å². The molecule has 4 heteroatoms. The molecule has 0 radical (unpaired) electrons. The van der Waals surface area contributed by atoms with Crippen molar-refractivity contribution in [3.8, 4) is 0 Å². The molecule has 0 aromatic carbocycles. The van der Waals surface area contributed by atoms with Crippen LogP contribution >= 0.6 is 0 Å². The monoisotopic (exact) mass is 178 g/mol. The number of hydrogen-bond donors (Lipinski definition) is 1. The first-order valence-electron chi connectivity index (χ1n) is 4.68. The molecule has 0 aliphatic carbocycles. The van der Waals surface area contributed by atoms with Gasteiger partial charge in [0.25, 0.3) is 0 Å². The van der Waals surface area contributed by atoms with E-state index < -0.39 is 0 Å². The van der Waals surface area contributed by atoms with Crippen LogP contribution in [-0.4, -0.2) is 36.1 Å². The molecule has 70 valence electrons. The lowest BCUT2D eigenvalue weighted by Crippen LogP contribution is -2.28. The maximum atomic E-state index is 4.28. The van der Waals surface area contributed by atoms with Crippen molar-refractivity contribution in [2.75, 3.05) is 31.1 Å². The van der Waals surface area contributed by atoms with E-state index in [-0.39, 0.29) is 0 Å². The van der Waals surface area contributed by atoms with E-state index in [1.807, 2.05) is 6.20 Å². The third kappa shape index (κ3) is 2.15. The first-order valence-corrected chi connectivity index (χ1v) is 4.68. The van der Waals surface area contributed by atoms with Crippen LogP contribution in [0.15, 0.2) is 18.6 Å². The molecule has 0 atom stereocenters. The van der Waals surface area contributed by atoms with Gasteiger partial charge in [0.1, 0.15) is 5.82 Å². The second-order valence-electron chi connectivity index (χ2n) is 3.15. The molecule has 1 N–H and O–H groups in total. The summed E-state index contributed by atoms with van der Waals surface area (Å²) >= 11 is 0. The Kier molecular flexibility index (Phi) is 2.72. The molecular weight excluding hydrogens is 164 g/mol. The third-order valence-corrected chi connectivity index (χ3v) is 2.21. The van der Waals surface area contributed by atoms with Crippen LogP contribution in [0.5, 0.6) is 0 Å². The molecule has 0 bridgehead atoms. The predicted octanol–water partition coefficient (Wildman–Crippen LogP) is 0.276. The molecule has 2 rings (SSSR count). The van der Waals surface area contributed by atoms with Crippen molar-refractivity contribution in [1.82, 2.24) is 15.3 Å². The zero-order valence-corrected chi connectivity index (χ0v) is 7.61. The molecule has 1 fully saturated rings. The van der Waals surface area contributed by atoms with Gasteiger partial charge >= 0.3 is 0 Å². The molecule has 1 aromatic heterocycles. The average molecular weight is 178 g/mol. The zero-order chi connectivity index (χ0) is 8.93. The van der Waals surface area contributed by atoms with Crippen molar-refractivity contribution in [3.05, 3.63) is 18.6 Å². The normalized spacial score (nSPS) is 18.3. The van der Waals surface area contributed by atoms with Crippen molar-refractivity contribution >= 4 is 5.82 Å². The molecule has 4 nitrogen and oxygen atoms in total. The Labute approximate surface area is 78.0 Å². The van der Waals surface area contributed by atoms with Crippen molar-refractivity contribution in [2.45, 2.75) is 6.42 Å². The second-order valence-corrected chi connectivity index (χ2v) is 3.15. The first-order chi connectivity index (χ1) is 6.47. The van der Waals surface area contributed by atoms with Crippen molar-refractivity contribution in [2.24, 2.45) is 0 Å². The highest BCUT2D eigenvalue weighted by Crippen LogP contribution is 2.08. The van der Waals surface area contributed by atoms with E-state index in [0.29, 0.717) is 0 Å². The van der Waals surface area contributed by atoms with E-state index in [2.05, 4.69) is 20.2 Å². The van der Waals surface area contributed by atoms with E-state index in [4.69, 9.17) is 0 Å². The standard InChI is InChI=1S/C9H14N4/c1-2-10-5-7-13(6-1)9-8-11-3-4-12-9/h3-4,8,10H,1-2,5-7H2. The number of rotatable bonds is 1. The third-order valence-electron chi connectivity index (χ3n) is 2.21. The van der Waals surface area contributed by atoms with Crippen LogP contribution < -0.4 is 10.2 Å². The molecule has 1 aliphatic heterocycles. The summed E-state index contributed by atoms with van der Waals surface area (Å²) < 4.78 is 0. The first kappa shape index (κ1) is 8.44. The van der Waals surface area contributed by atoms with Gasteiger partial charge in [-0.15, -0.1) is 0 Å². The van der Waals surface area contributed by atoms with E-state index in [1.54, 1.807) is 12.4 Å². The highest BCUT2D eigenvalue weighted by molar-refractivity contribution is 5.34. The minimum absolute atomic E-state index is 0.992. The molecule has 0 spiro atoms. The highest BCUT2D eigenvalue weighted by Gasteiger charge is 2.09. The van der Waals surface area contributed by atoms with Gasteiger partial charge in [0.05, 0.1) is 6.20 Å². The Bertz CT molecular complexity index is 241. The lowest BCUT2D eigenvalue weighted by Gasteiger charge is -2.19. The van der Waals surface area contributed by atoms with Crippen molar-refractivity contribution < 1.29 is 0 Å². The quantitative estimate of drug-likeness (QED) is 0.670. The molecule has 0 unspecified atom stereocenters. The highest BCUT2D eigenvalue weighted by atomic mass is 15.2. The molecule has 2 heterocycles. The molecule has 1 saturated heterocycles. The zero-order valence-electron chi connectivity index (χ0n) is 7.61. The maximum absolute atomic E-state index is 4.28. The summed E-state index contributed by atoms with van der Waals surface area (Å²) in [6, 6.07) is 0. The van der Waals surface area contributed by atoms with E-state index in [1.165, 1.54) is 6.42 Å². The predicted molar refractivity (Wildman–Crippen MR) is 51.7 cm³/mol. The average Bonchev–Trinajstić information content (AvgIpc) is 2.47. The van der Waals surface area contributed by atoms with Crippen LogP contribution in [0.2, 0.25) is 0 Å². The largest absolute Gasteiger partial charge is 0.354 e. The van der Waals surface area contributed by atoms with Gasteiger partial charge < -0.3 is 10.2 Å². The van der Waals surface area contributed by atoms with E-state index >= 15 is 0 Å². The van der Waals surface area contributed by atoms with Crippen LogP contribution in [0.1, 0.15) is 6.42 Å². The number of aromatic nitrogens is 2. The van der Waals surface area contributed by atoms with Crippen LogP contribution in [0, 0.1) is 0 Å². The molecule has 1 aliphatic rings.